The zero-order valence-corrected chi connectivity index (χ0v) is 20.0. The lowest BCUT2D eigenvalue weighted by Crippen LogP contribution is -2.27. The van der Waals surface area contributed by atoms with Crippen LogP contribution >= 0.6 is 11.8 Å². The number of hydrogen-bond donors (Lipinski definition) is 0. The van der Waals surface area contributed by atoms with Crippen LogP contribution in [0.4, 0.5) is 4.39 Å². The van der Waals surface area contributed by atoms with Gasteiger partial charge in [0.15, 0.2) is 5.16 Å². The minimum Gasteiger partial charge on any atom is -0.341 e. The summed E-state index contributed by atoms with van der Waals surface area (Å²) in [5.41, 5.74) is 3.11. The second-order valence-electron chi connectivity index (χ2n) is 8.28. The molecule has 2 heterocycles. The predicted octanol–water partition coefficient (Wildman–Crippen LogP) is 4.23. The fraction of sp³-hybridized carbons (Fsp3) is 0.154. The molecule has 5 aromatic rings. The van der Waals surface area contributed by atoms with Crippen LogP contribution in [0.5, 0.6) is 0 Å². The van der Waals surface area contributed by atoms with Gasteiger partial charge >= 0.3 is 0 Å². The van der Waals surface area contributed by atoms with Gasteiger partial charge in [0.25, 0.3) is 5.56 Å². The van der Waals surface area contributed by atoms with Gasteiger partial charge in [-0.1, -0.05) is 53.7 Å². The quantitative estimate of drug-likeness (QED) is 0.335. The lowest BCUT2D eigenvalue weighted by Gasteiger charge is -2.17. The summed E-state index contributed by atoms with van der Waals surface area (Å²) < 4.78 is 16.5. The van der Waals surface area contributed by atoms with E-state index >= 15 is 0 Å². The highest BCUT2D eigenvalue weighted by Crippen LogP contribution is 2.23. The van der Waals surface area contributed by atoms with E-state index in [1.165, 1.54) is 23.9 Å². The summed E-state index contributed by atoms with van der Waals surface area (Å²) in [5.74, 6) is 0.101. The number of carbonyl (C=O) groups is 1. The molecule has 0 N–H and O–H groups in total. The third-order valence-corrected chi connectivity index (χ3v) is 6.68. The Kier molecular flexibility index (Phi) is 6.08. The molecule has 0 unspecified atom stereocenters. The number of rotatable bonds is 6. The Hall–Kier alpha value is -3.98. The second kappa shape index (κ2) is 9.34. The number of amides is 1. The molecule has 0 radical (unpaired) electrons. The van der Waals surface area contributed by atoms with Gasteiger partial charge in [0.2, 0.25) is 11.7 Å². The van der Waals surface area contributed by atoms with Crippen LogP contribution in [0.3, 0.4) is 0 Å². The smallest absolute Gasteiger partial charge is 0.267 e. The number of thioether (sulfide) groups is 1. The Morgan fingerprint density at radius 1 is 1.00 bits per heavy atom. The standard InChI is InChI=1S/C26H22FN5O2S/c1-17-7-13-20(14-8-17)31-24(34)21-5-3-4-6-22(21)32-25(31)28-29-26(32)35-16-23(33)30(2)15-18-9-11-19(27)12-10-18/h3-14H,15-16H2,1-2H3. The maximum atomic E-state index is 13.4. The van der Waals surface area contributed by atoms with Gasteiger partial charge < -0.3 is 4.90 Å². The van der Waals surface area contributed by atoms with Crippen LogP contribution in [-0.2, 0) is 11.3 Å². The molecule has 9 heteroatoms. The van der Waals surface area contributed by atoms with Crippen molar-refractivity contribution in [3.05, 3.63) is 100 Å². The number of nitrogens with zero attached hydrogens (tertiary/aromatic N) is 5. The molecule has 0 fully saturated rings. The van der Waals surface area contributed by atoms with Gasteiger partial charge in [-0.3, -0.25) is 14.0 Å². The molecule has 7 nitrogen and oxygen atoms in total. The maximum Gasteiger partial charge on any atom is 0.267 e. The highest BCUT2D eigenvalue weighted by molar-refractivity contribution is 7.99. The van der Waals surface area contributed by atoms with Crippen LogP contribution in [0.15, 0.2) is 82.7 Å². The predicted molar refractivity (Wildman–Crippen MR) is 134 cm³/mol. The number of aryl methyl sites for hydroxylation is 1. The Balaban J connectivity index is 1.48. The first kappa shape index (κ1) is 22.8. The molecule has 176 valence electrons. The topological polar surface area (TPSA) is 72.5 Å². The Bertz CT molecular complexity index is 1590. The summed E-state index contributed by atoms with van der Waals surface area (Å²) in [4.78, 5) is 27.8. The van der Waals surface area contributed by atoms with E-state index in [0.29, 0.717) is 34.1 Å². The van der Waals surface area contributed by atoms with Crippen molar-refractivity contribution in [2.24, 2.45) is 0 Å². The first-order valence-electron chi connectivity index (χ1n) is 11.0. The molecule has 0 aliphatic carbocycles. The molecule has 1 amide bonds. The Morgan fingerprint density at radius 3 is 2.46 bits per heavy atom. The molecule has 0 saturated heterocycles. The lowest BCUT2D eigenvalue weighted by molar-refractivity contribution is -0.127. The number of halogens is 1. The van der Waals surface area contributed by atoms with Crippen LogP contribution < -0.4 is 5.56 Å². The molecule has 0 bridgehead atoms. The van der Waals surface area contributed by atoms with E-state index in [-0.39, 0.29) is 23.0 Å². The summed E-state index contributed by atoms with van der Waals surface area (Å²) >= 11 is 1.26. The lowest BCUT2D eigenvalue weighted by atomic mass is 10.2. The van der Waals surface area contributed by atoms with Crippen molar-refractivity contribution in [3.8, 4) is 5.69 Å². The average Bonchev–Trinajstić information content (AvgIpc) is 3.29. The second-order valence-corrected chi connectivity index (χ2v) is 9.22. The molecule has 0 aliphatic rings. The first-order valence-corrected chi connectivity index (χ1v) is 12.0. The van der Waals surface area contributed by atoms with Gasteiger partial charge in [-0.15, -0.1) is 10.2 Å². The Morgan fingerprint density at radius 2 is 1.71 bits per heavy atom. The van der Waals surface area contributed by atoms with Gasteiger partial charge in [0, 0.05) is 13.6 Å². The van der Waals surface area contributed by atoms with Crippen LogP contribution in [-0.4, -0.2) is 42.8 Å². The highest BCUT2D eigenvalue weighted by atomic mass is 32.2. The van der Waals surface area contributed by atoms with Gasteiger partial charge in [-0.05, 0) is 48.9 Å². The van der Waals surface area contributed by atoms with E-state index in [9.17, 15) is 14.0 Å². The molecule has 0 atom stereocenters. The molecule has 0 saturated carbocycles. The summed E-state index contributed by atoms with van der Waals surface area (Å²) in [7, 11) is 1.71. The van der Waals surface area contributed by atoms with Gasteiger partial charge in [0.1, 0.15) is 5.82 Å². The molecule has 5 rings (SSSR count). The average molecular weight is 488 g/mol. The number of benzene rings is 3. The Labute approximate surface area is 204 Å². The third-order valence-electron chi connectivity index (χ3n) is 5.77. The zero-order valence-electron chi connectivity index (χ0n) is 19.2. The minimum absolute atomic E-state index is 0.104. The normalized spacial score (nSPS) is 11.3. The summed E-state index contributed by atoms with van der Waals surface area (Å²) in [6.07, 6.45) is 0. The zero-order chi connectivity index (χ0) is 24.5. The number of aromatic nitrogens is 4. The molecule has 3 aromatic carbocycles. The van der Waals surface area contributed by atoms with Crippen molar-refractivity contribution in [2.75, 3.05) is 12.8 Å². The van der Waals surface area contributed by atoms with Crippen molar-refractivity contribution in [1.82, 2.24) is 24.1 Å². The van der Waals surface area contributed by atoms with E-state index in [1.54, 1.807) is 34.7 Å². The number of carbonyl (C=O) groups excluding carboxylic acids is 1. The van der Waals surface area contributed by atoms with Crippen molar-refractivity contribution in [1.29, 1.82) is 0 Å². The fourth-order valence-corrected chi connectivity index (χ4v) is 4.77. The van der Waals surface area contributed by atoms with Gasteiger partial charge in [0.05, 0.1) is 22.3 Å². The fourth-order valence-electron chi connectivity index (χ4n) is 3.89. The van der Waals surface area contributed by atoms with Crippen molar-refractivity contribution in [3.63, 3.8) is 0 Å². The minimum atomic E-state index is -0.312. The van der Waals surface area contributed by atoms with E-state index in [1.807, 2.05) is 53.8 Å². The van der Waals surface area contributed by atoms with Crippen LogP contribution in [0.25, 0.3) is 22.4 Å². The molecule has 0 spiro atoms. The van der Waals surface area contributed by atoms with Crippen LogP contribution in [0, 0.1) is 12.7 Å². The van der Waals surface area contributed by atoms with Crippen molar-refractivity contribution < 1.29 is 9.18 Å². The monoisotopic (exact) mass is 487 g/mol. The highest BCUT2D eigenvalue weighted by Gasteiger charge is 2.19. The molecule has 0 aliphatic heterocycles. The number of hydrogen-bond acceptors (Lipinski definition) is 5. The van der Waals surface area contributed by atoms with Gasteiger partial charge in [-0.2, -0.15) is 0 Å². The number of fused-ring (bicyclic) bond motifs is 3. The van der Waals surface area contributed by atoms with Crippen molar-refractivity contribution in [2.45, 2.75) is 18.6 Å². The van der Waals surface area contributed by atoms with E-state index < -0.39 is 0 Å². The van der Waals surface area contributed by atoms with Crippen LogP contribution in [0.2, 0.25) is 0 Å². The van der Waals surface area contributed by atoms with Crippen molar-refractivity contribution >= 4 is 34.3 Å². The van der Waals surface area contributed by atoms with Gasteiger partial charge in [-0.25, -0.2) is 8.96 Å². The summed E-state index contributed by atoms with van der Waals surface area (Å²) in [6.45, 7) is 2.36. The maximum absolute atomic E-state index is 13.4. The third kappa shape index (κ3) is 4.42. The van der Waals surface area contributed by atoms with E-state index in [4.69, 9.17) is 0 Å². The van der Waals surface area contributed by atoms with E-state index in [2.05, 4.69) is 10.2 Å². The molecular formula is C26H22FN5O2S. The molecule has 35 heavy (non-hydrogen) atoms. The SMILES string of the molecule is Cc1ccc(-n2c(=O)c3ccccc3n3c(SCC(=O)N(C)Cc4ccc(F)cc4)nnc23)cc1. The molecular weight excluding hydrogens is 465 g/mol. The summed E-state index contributed by atoms with van der Waals surface area (Å²) in [6, 6.07) is 21.0. The summed E-state index contributed by atoms with van der Waals surface area (Å²) in [5, 5.41) is 9.68. The first-order chi connectivity index (χ1) is 16.9. The van der Waals surface area contributed by atoms with Crippen LogP contribution in [0.1, 0.15) is 11.1 Å². The largest absolute Gasteiger partial charge is 0.341 e. The number of para-hydroxylation sites is 1. The van der Waals surface area contributed by atoms with E-state index in [0.717, 1.165) is 11.1 Å². The molecule has 2 aromatic heterocycles.